The number of carbonyl (C=O) groups excluding carboxylic acids is 2. The van der Waals surface area contributed by atoms with E-state index in [1.165, 1.54) is 0 Å². The molecule has 1 aromatic heterocycles. The summed E-state index contributed by atoms with van der Waals surface area (Å²) in [7, 11) is 1.61. The Morgan fingerprint density at radius 3 is 2.29 bits per heavy atom. The summed E-state index contributed by atoms with van der Waals surface area (Å²) in [6.45, 7) is 3.84. The van der Waals surface area contributed by atoms with Gasteiger partial charge in [-0.25, -0.2) is 9.59 Å². The van der Waals surface area contributed by atoms with E-state index in [-0.39, 0.29) is 19.8 Å². The van der Waals surface area contributed by atoms with E-state index < -0.39 is 11.9 Å². The third-order valence-corrected chi connectivity index (χ3v) is 5.58. The molecule has 0 amide bonds. The van der Waals surface area contributed by atoms with Gasteiger partial charge in [-0.15, -0.1) is 0 Å². The lowest BCUT2D eigenvalue weighted by molar-refractivity contribution is -0.147. The molecule has 0 radical (unpaired) electrons. The van der Waals surface area contributed by atoms with Crippen LogP contribution in [0.25, 0.3) is 16.6 Å². The van der Waals surface area contributed by atoms with E-state index in [1.807, 2.05) is 72.2 Å². The van der Waals surface area contributed by atoms with Crippen LogP contribution >= 0.6 is 0 Å². The van der Waals surface area contributed by atoms with E-state index >= 15 is 0 Å². The first-order valence-corrected chi connectivity index (χ1v) is 11.3. The van der Waals surface area contributed by atoms with Gasteiger partial charge in [-0.1, -0.05) is 30.3 Å². The van der Waals surface area contributed by atoms with Crippen molar-refractivity contribution in [2.45, 2.75) is 20.5 Å². The maximum absolute atomic E-state index is 12.9. The first-order valence-electron chi connectivity index (χ1n) is 11.3. The topological polar surface area (TPSA) is 76.0 Å². The van der Waals surface area contributed by atoms with Gasteiger partial charge in [-0.2, -0.15) is 0 Å². The number of rotatable bonds is 9. The van der Waals surface area contributed by atoms with Gasteiger partial charge >= 0.3 is 11.9 Å². The molecule has 4 aromatic rings. The Hall–Kier alpha value is -4.26. The number of esters is 2. The molecule has 0 unspecified atom stereocenters. The van der Waals surface area contributed by atoms with Gasteiger partial charge in [0.15, 0.2) is 6.61 Å². The highest BCUT2D eigenvalue weighted by Gasteiger charge is 2.22. The molecule has 0 N–H and O–H groups in total. The average molecular weight is 474 g/mol. The fourth-order valence-electron chi connectivity index (χ4n) is 3.93. The molecule has 0 aliphatic carbocycles. The van der Waals surface area contributed by atoms with E-state index in [1.54, 1.807) is 26.2 Å². The van der Waals surface area contributed by atoms with Crippen LogP contribution in [0.1, 0.15) is 28.5 Å². The monoisotopic (exact) mass is 473 g/mol. The summed E-state index contributed by atoms with van der Waals surface area (Å²) in [5.74, 6) is 0.295. The maximum Gasteiger partial charge on any atom is 0.344 e. The molecule has 0 bridgehead atoms. The average Bonchev–Trinajstić information content (AvgIpc) is 3.18. The number of carbonyl (C=O) groups is 2. The predicted molar refractivity (Wildman–Crippen MR) is 132 cm³/mol. The van der Waals surface area contributed by atoms with Crippen LogP contribution in [0.3, 0.4) is 0 Å². The largest absolute Gasteiger partial charge is 0.497 e. The van der Waals surface area contributed by atoms with Crippen molar-refractivity contribution < 1.29 is 28.5 Å². The van der Waals surface area contributed by atoms with Crippen LogP contribution < -0.4 is 9.47 Å². The van der Waals surface area contributed by atoms with E-state index in [0.29, 0.717) is 16.7 Å². The Morgan fingerprint density at radius 1 is 0.886 bits per heavy atom. The van der Waals surface area contributed by atoms with E-state index in [2.05, 4.69) is 0 Å². The van der Waals surface area contributed by atoms with Crippen LogP contribution in [0.15, 0.2) is 72.8 Å². The van der Waals surface area contributed by atoms with Crippen LogP contribution in [0, 0.1) is 6.92 Å². The molecular weight excluding hydrogens is 446 g/mol. The normalized spacial score (nSPS) is 10.7. The van der Waals surface area contributed by atoms with Gasteiger partial charge in [-0.3, -0.25) is 0 Å². The number of ether oxygens (including phenoxy) is 4. The molecule has 35 heavy (non-hydrogen) atoms. The van der Waals surface area contributed by atoms with Gasteiger partial charge in [0.1, 0.15) is 18.1 Å². The minimum absolute atomic E-state index is 0.180. The number of aromatic nitrogens is 1. The fraction of sp³-hybridized carbons (Fsp3) is 0.214. The fourth-order valence-corrected chi connectivity index (χ4v) is 3.93. The molecule has 0 aliphatic heterocycles. The molecule has 180 valence electrons. The lowest BCUT2D eigenvalue weighted by Gasteiger charge is -2.10. The second kappa shape index (κ2) is 10.8. The molecule has 0 saturated heterocycles. The Labute approximate surface area is 203 Å². The summed E-state index contributed by atoms with van der Waals surface area (Å²) in [5, 5.41) is 0.673. The van der Waals surface area contributed by atoms with Crippen LogP contribution in [-0.2, 0) is 20.9 Å². The number of fused-ring (bicyclic) bond motifs is 1. The van der Waals surface area contributed by atoms with Crippen LogP contribution in [0.2, 0.25) is 0 Å². The minimum Gasteiger partial charge on any atom is -0.497 e. The second-order valence-electron chi connectivity index (χ2n) is 7.83. The van der Waals surface area contributed by atoms with Crippen molar-refractivity contribution in [2.75, 3.05) is 20.3 Å². The third kappa shape index (κ3) is 5.30. The summed E-state index contributed by atoms with van der Waals surface area (Å²) in [5.41, 5.74) is 3.78. The Bertz CT molecular complexity index is 1330. The zero-order valence-corrected chi connectivity index (χ0v) is 19.9. The van der Waals surface area contributed by atoms with E-state index in [0.717, 1.165) is 28.2 Å². The zero-order chi connectivity index (χ0) is 24.8. The van der Waals surface area contributed by atoms with Crippen LogP contribution in [-0.4, -0.2) is 36.8 Å². The SMILES string of the molecule is CCOC(=O)c1c(C)n(-c2ccc(OC)cc2)c2ccc(OCC(=O)OCc3ccccc3)cc12. The van der Waals surface area contributed by atoms with Crippen LogP contribution in [0.4, 0.5) is 0 Å². The lowest BCUT2D eigenvalue weighted by Crippen LogP contribution is -2.14. The smallest absolute Gasteiger partial charge is 0.344 e. The second-order valence-corrected chi connectivity index (χ2v) is 7.83. The summed E-state index contributed by atoms with van der Waals surface area (Å²) >= 11 is 0. The third-order valence-electron chi connectivity index (χ3n) is 5.58. The molecular formula is C28H27NO6. The number of benzene rings is 3. The molecule has 0 saturated carbocycles. The first-order chi connectivity index (χ1) is 17.0. The quantitative estimate of drug-likeness (QED) is 0.309. The minimum atomic E-state index is -0.480. The zero-order valence-electron chi connectivity index (χ0n) is 19.9. The van der Waals surface area contributed by atoms with Crippen LogP contribution in [0.5, 0.6) is 11.5 Å². The van der Waals surface area contributed by atoms with Crippen molar-refractivity contribution in [1.29, 1.82) is 0 Å². The number of hydrogen-bond donors (Lipinski definition) is 0. The highest BCUT2D eigenvalue weighted by Crippen LogP contribution is 2.33. The van der Waals surface area contributed by atoms with Gasteiger partial charge in [0.25, 0.3) is 0 Å². The van der Waals surface area contributed by atoms with Crippen molar-refractivity contribution in [3.63, 3.8) is 0 Å². The molecule has 4 rings (SSSR count). The summed E-state index contributed by atoms with van der Waals surface area (Å²) < 4.78 is 23.5. The van der Waals surface area contributed by atoms with E-state index in [4.69, 9.17) is 18.9 Å². The number of hydrogen-bond acceptors (Lipinski definition) is 6. The molecule has 0 aliphatic rings. The summed E-state index contributed by atoms with van der Waals surface area (Å²) in [6.07, 6.45) is 0. The van der Waals surface area contributed by atoms with Crippen molar-refractivity contribution in [2.24, 2.45) is 0 Å². The predicted octanol–water partition coefficient (Wildman–Crippen LogP) is 5.25. The van der Waals surface area contributed by atoms with Crippen molar-refractivity contribution >= 4 is 22.8 Å². The van der Waals surface area contributed by atoms with Gasteiger partial charge in [0, 0.05) is 16.8 Å². The molecule has 7 nitrogen and oxygen atoms in total. The van der Waals surface area contributed by atoms with Crippen molar-refractivity contribution in [3.05, 3.63) is 89.6 Å². The standard InChI is InChI=1S/C28H27NO6/c1-4-33-28(31)27-19(2)29(21-10-12-22(32-3)13-11-21)25-15-14-23(16-24(25)27)34-18-26(30)35-17-20-8-6-5-7-9-20/h5-16H,4,17-18H2,1-3H3. The van der Waals surface area contributed by atoms with Gasteiger partial charge < -0.3 is 23.5 Å². The van der Waals surface area contributed by atoms with Gasteiger partial charge in [-0.05, 0) is 61.9 Å². The lowest BCUT2D eigenvalue weighted by atomic mass is 10.1. The van der Waals surface area contributed by atoms with E-state index in [9.17, 15) is 9.59 Å². The molecule has 3 aromatic carbocycles. The van der Waals surface area contributed by atoms with Gasteiger partial charge in [0.05, 0.1) is 24.8 Å². The number of nitrogens with zero attached hydrogens (tertiary/aromatic N) is 1. The number of methoxy groups -OCH3 is 1. The van der Waals surface area contributed by atoms with Crippen molar-refractivity contribution in [3.8, 4) is 17.2 Å². The Balaban J connectivity index is 1.60. The first kappa shape index (κ1) is 23.9. The Kier molecular flexibility index (Phi) is 7.35. The maximum atomic E-state index is 12.9. The van der Waals surface area contributed by atoms with Crippen molar-refractivity contribution in [1.82, 2.24) is 4.57 Å². The molecule has 1 heterocycles. The highest BCUT2D eigenvalue weighted by atomic mass is 16.6. The Morgan fingerprint density at radius 2 is 1.60 bits per heavy atom. The molecule has 7 heteroatoms. The van der Waals surface area contributed by atoms with Gasteiger partial charge in [0.2, 0.25) is 0 Å². The molecule has 0 fully saturated rings. The highest BCUT2D eigenvalue weighted by molar-refractivity contribution is 6.07. The summed E-state index contributed by atoms with van der Waals surface area (Å²) in [6, 6.07) is 22.4. The summed E-state index contributed by atoms with van der Waals surface area (Å²) in [4.78, 5) is 25.0. The molecule has 0 atom stereocenters. The molecule has 0 spiro atoms.